The first-order valence-corrected chi connectivity index (χ1v) is 5.76. The predicted octanol–water partition coefficient (Wildman–Crippen LogP) is 1.60. The highest BCUT2D eigenvalue weighted by Crippen LogP contribution is 2.18. The first kappa shape index (κ1) is 10.4. The Balaban J connectivity index is 2.10. The maximum atomic E-state index is 11.5. The molecule has 2 rings (SSSR count). The van der Waals surface area contributed by atoms with Crippen molar-refractivity contribution < 1.29 is 4.79 Å². The summed E-state index contributed by atoms with van der Waals surface area (Å²) in [7, 11) is 0. The van der Waals surface area contributed by atoms with Gasteiger partial charge in [-0.25, -0.2) is 0 Å². The molecular weight excluding hydrogens is 258 g/mol. The predicted molar refractivity (Wildman–Crippen MR) is 57.5 cm³/mol. The van der Waals surface area contributed by atoms with Crippen LogP contribution in [0.4, 0.5) is 5.13 Å². The summed E-state index contributed by atoms with van der Waals surface area (Å²) in [4.78, 5) is 11.5. The highest BCUT2D eigenvalue weighted by atomic mass is 35.5. The first-order chi connectivity index (χ1) is 7.15. The zero-order valence-electron chi connectivity index (χ0n) is 7.39. The number of nitrogens with zero attached hydrogens (tertiary/aromatic N) is 4. The van der Waals surface area contributed by atoms with Gasteiger partial charge in [-0.3, -0.25) is 10.1 Å². The van der Waals surface area contributed by atoms with Gasteiger partial charge in [-0.15, -0.1) is 20.4 Å². The summed E-state index contributed by atoms with van der Waals surface area (Å²) in [6.07, 6.45) is 0. The van der Waals surface area contributed by atoms with Gasteiger partial charge in [0.2, 0.25) is 14.6 Å². The van der Waals surface area contributed by atoms with Crippen LogP contribution in [0, 0.1) is 6.92 Å². The van der Waals surface area contributed by atoms with Crippen molar-refractivity contribution in [1.29, 1.82) is 0 Å². The van der Waals surface area contributed by atoms with E-state index in [1.807, 2.05) is 0 Å². The van der Waals surface area contributed by atoms with Crippen LogP contribution in [0.15, 0.2) is 0 Å². The van der Waals surface area contributed by atoms with Crippen molar-refractivity contribution in [1.82, 2.24) is 20.4 Å². The number of carbonyl (C=O) groups excluding carboxylic acids is 1. The summed E-state index contributed by atoms with van der Waals surface area (Å²) in [5.74, 6) is -0.379. The first-order valence-electron chi connectivity index (χ1n) is 3.75. The lowest BCUT2D eigenvalue weighted by atomic mass is 10.6. The summed E-state index contributed by atoms with van der Waals surface area (Å²) in [6, 6.07) is 0. The van der Waals surface area contributed by atoms with E-state index in [1.165, 1.54) is 11.3 Å². The lowest BCUT2D eigenvalue weighted by Crippen LogP contribution is -2.11. The average molecular weight is 262 g/mol. The SMILES string of the molecule is Cc1nnc(NC(=O)c2nnc(Cl)s2)s1. The fourth-order valence-electron chi connectivity index (χ4n) is 0.795. The molecule has 0 saturated heterocycles. The Morgan fingerprint density at radius 2 is 2.07 bits per heavy atom. The molecule has 0 unspecified atom stereocenters. The molecule has 0 aliphatic carbocycles. The van der Waals surface area contributed by atoms with E-state index in [-0.39, 0.29) is 15.4 Å². The van der Waals surface area contributed by atoms with E-state index >= 15 is 0 Å². The number of hydrogen-bond acceptors (Lipinski definition) is 7. The van der Waals surface area contributed by atoms with Crippen LogP contribution in [0.1, 0.15) is 14.8 Å². The van der Waals surface area contributed by atoms with Crippen molar-refractivity contribution in [2.24, 2.45) is 0 Å². The Kier molecular flexibility index (Phi) is 2.89. The van der Waals surface area contributed by atoms with Crippen LogP contribution < -0.4 is 5.32 Å². The van der Waals surface area contributed by atoms with Crippen LogP contribution in [0.3, 0.4) is 0 Å². The highest BCUT2D eigenvalue weighted by molar-refractivity contribution is 7.17. The van der Waals surface area contributed by atoms with Crippen molar-refractivity contribution in [3.05, 3.63) is 14.5 Å². The molecule has 0 aliphatic rings. The molecule has 2 aromatic heterocycles. The second-order valence-electron chi connectivity index (χ2n) is 2.44. The summed E-state index contributed by atoms with van der Waals surface area (Å²) in [6.45, 7) is 1.80. The molecule has 2 aromatic rings. The summed E-state index contributed by atoms with van der Waals surface area (Å²) in [5, 5.41) is 18.6. The fraction of sp³-hybridized carbons (Fsp3) is 0.167. The number of rotatable bonds is 2. The molecule has 2 heterocycles. The second kappa shape index (κ2) is 4.17. The normalized spacial score (nSPS) is 10.3. The van der Waals surface area contributed by atoms with Crippen LogP contribution in [-0.2, 0) is 0 Å². The van der Waals surface area contributed by atoms with Gasteiger partial charge in [0, 0.05) is 0 Å². The molecule has 1 N–H and O–H groups in total. The van der Waals surface area contributed by atoms with Gasteiger partial charge in [-0.2, -0.15) is 0 Å². The smallest absolute Gasteiger partial charge is 0.288 e. The topological polar surface area (TPSA) is 80.7 Å². The van der Waals surface area contributed by atoms with Crippen LogP contribution in [-0.4, -0.2) is 26.3 Å². The van der Waals surface area contributed by atoms with E-state index in [4.69, 9.17) is 11.6 Å². The highest BCUT2D eigenvalue weighted by Gasteiger charge is 2.13. The molecule has 0 aliphatic heterocycles. The largest absolute Gasteiger partial charge is 0.294 e. The second-order valence-corrected chi connectivity index (χ2v) is 5.18. The Morgan fingerprint density at radius 1 is 1.27 bits per heavy atom. The van der Waals surface area contributed by atoms with Gasteiger partial charge in [0.1, 0.15) is 5.01 Å². The van der Waals surface area contributed by atoms with E-state index in [9.17, 15) is 4.79 Å². The van der Waals surface area contributed by atoms with E-state index in [0.29, 0.717) is 5.13 Å². The molecule has 0 bridgehead atoms. The Morgan fingerprint density at radius 3 is 2.60 bits per heavy atom. The third kappa shape index (κ3) is 2.46. The molecule has 9 heteroatoms. The molecule has 0 spiro atoms. The lowest BCUT2D eigenvalue weighted by Gasteiger charge is -1.93. The summed E-state index contributed by atoms with van der Waals surface area (Å²) < 4.78 is 0.230. The number of anilines is 1. The molecule has 0 atom stereocenters. The summed E-state index contributed by atoms with van der Waals surface area (Å²) in [5.41, 5.74) is 0. The van der Waals surface area contributed by atoms with Crippen molar-refractivity contribution in [3.63, 3.8) is 0 Å². The third-order valence-corrected chi connectivity index (χ3v) is 3.11. The van der Waals surface area contributed by atoms with E-state index in [0.717, 1.165) is 16.3 Å². The molecule has 0 aromatic carbocycles. The van der Waals surface area contributed by atoms with Crippen LogP contribution >= 0.6 is 34.3 Å². The zero-order chi connectivity index (χ0) is 10.8. The molecule has 0 saturated carbocycles. The lowest BCUT2D eigenvalue weighted by molar-refractivity contribution is 0.102. The van der Waals surface area contributed by atoms with E-state index in [2.05, 4.69) is 25.7 Å². The zero-order valence-corrected chi connectivity index (χ0v) is 9.78. The minimum atomic E-state index is -0.379. The fourth-order valence-corrected chi connectivity index (χ4v) is 2.11. The minimum Gasteiger partial charge on any atom is -0.294 e. The van der Waals surface area contributed by atoms with Crippen LogP contribution in [0.2, 0.25) is 4.47 Å². The molecule has 78 valence electrons. The Hall–Kier alpha value is -1.12. The van der Waals surface area contributed by atoms with Gasteiger partial charge < -0.3 is 0 Å². The Bertz CT molecular complexity index is 495. The molecule has 6 nitrogen and oxygen atoms in total. The van der Waals surface area contributed by atoms with Gasteiger partial charge in [-0.05, 0) is 18.5 Å². The number of hydrogen-bond donors (Lipinski definition) is 1. The van der Waals surface area contributed by atoms with Crippen molar-refractivity contribution in [3.8, 4) is 0 Å². The van der Waals surface area contributed by atoms with E-state index < -0.39 is 0 Å². The molecular formula is C6H4ClN5OS2. The van der Waals surface area contributed by atoms with Crippen LogP contribution in [0.25, 0.3) is 0 Å². The van der Waals surface area contributed by atoms with Crippen molar-refractivity contribution >= 4 is 45.3 Å². The van der Waals surface area contributed by atoms with Gasteiger partial charge in [-0.1, -0.05) is 22.7 Å². The third-order valence-electron chi connectivity index (χ3n) is 1.34. The standard InChI is InChI=1S/C6H4ClN5OS2/c1-2-9-12-6(14-2)8-3(13)4-10-11-5(7)15-4/h1H3,(H,8,12,13). The number of aromatic nitrogens is 4. The van der Waals surface area contributed by atoms with E-state index in [1.54, 1.807) is 6.92 Å². The number of nitrogens with one attached hydrogen (secondary N) is 1. The summed E-state index contributed by atoms with van der Waals surface area (Å²) >= 11 is 7.85. The van der Waals surface area contributed by atoms with Crippen LogP contribution in [0.5, 0.6) is 0 Å². The monoisotopic (exact) mass is 261 g/mol. The molecule has 0 fully saturated rings. The van der Waals surface area contributed by atoms with Gasteiger partial charge in [0.05, 0.1) is 0 Å². The van der Waals surface area contributed by atoms with Gasteiger partial charge in [0.25, 0.3) is 5.91 Å². The maximum Gasteiger partial charge on any atom is 0.288 e. The van der Waals surface area contributed by atoms with Gasteiger partial charge >= 0.3 is 0 Å². The molecule has 0 radical (unpaired) electrons. The molecule has 1 amide bonds. The quantitative estimate of drug-likeness (QED) is 0.888. The van der Waals surface area contributed by atoms with Crippen molar-refractivity contribution in [2.45, 2.75) is 6.92 Å². The number of aryl methyl sites for hydroxylation is 1. The number of carbonyl (C=O) groups is 1. The maximum absolute atomic E-state index is 11.5. The van der Waals surface area contributed by atoms with Gasteiger partial charge in [0.15, 0.2) is 0 Å². The average Bonchev–Trinajstić information content (AvgIpc) is 2.75. The van der Waals surface area contributed by atoms with Crippen molar-refractivity contribution in [2.75, 3.05) is 5.32 Å². The Labute approximate surface area is 97.3 Å². The minimum absolute atomic E-state index is 0.202. The number of amides is 1. The molecule has 15 heavy (non-hydrogen) atoms. The number of halogens is 1.